The van der Waals surface area contributed by atoms with Gasteiger partial charge in [0.25, 0.3) is 0 Å². The number of carbonyl (C=O) groups excluding carboxylic acids is 1. The zero-order valence-corrected chi connectivity index (χ0v) is 19.0. The fourth-order valence-electron chi connectivity index (χ4n) is 4.35. The van der Waals surface area contributed by atoms with Crippen LogP contribution in [-0.2, 0) is 16.0 Å². The Labute approximate surface area is 197 Å². The number of halogens is 1. The van der Waals surface area contributed by atoms with Crippen LogP contribution in [0.15, 0.2) is 40.1 Å². The van der Waals surface area contributed by atoms with Crippen LogP contribution in [0.5, 0.6) is 0 Å². The second kappa shape index (κ2) is 8.93. The Hall–Kier alpha value is -3.28. The van der Waals surface area contributed by atoms with Gasteiger partial charge in [0.2, 0.25) is 11.9 Å². The summed E-state index contributed by atoms with van der Waals surface area (Å²) in [6.45, 7) is 3.86. The molecule has 9 heteroatoms. The van der Waals surface area contributed by atoms with Crippen molar-refractivity contribution >= 4 is 35.4 Å². The summed E-state index contributed by atoms with van der Waals surface area (Å²) in [4.78, 5) is 28.0. The lowest BCUT2D eigenvalue weighted by Crippen LogP contribution is -2.40. The average molecular weight is 463 g/mol. The van der Waals surface area contributed by atoms with Crippen LogP contribution in [0.2, 0.25) is 0 Å². The summed E-state index contributed by atoms with van der Waals surface area (Å²) in [6, 6.07) is 8.13. The molecular formula is C24H23ClN6O2. The van der Waals surface area contributed by atoms with E-state index in [0.717, 1.165) is 28.8 Å². The SMILES string of the molecule is CC1CC=NC(Cl)=C1CC(=O)N1CCc2cc(-c3ccnc(NC4COC4)n3)cc(C#N)c21. The summed E-state index contributed by atoms with van der Waals surface area (Å²) >= 11 is 6.27. The minimum Gasteiger partial charge on any atom is -0.377 e. The first-order valence-corrected chi connectivity index (χ1v) is 11.4. The van der Waals surface area contributed by atoms with Gasteiger partial charge < -0.3 is 15.0 Å². The maximum absolute atomic E-state index is 13.2. The van der Waals surface area contributed by atoms with E-state index in [0.29, 0.717) is 48.5 Å². The van der Waals surface area contributed by atoms with Crippen LogP contribution < -0.4 is 10.2 Å². The van der Waals surface area contributed by atoms with Crippen molar-refractivity contribution < 1.29 is 9.53 Å². The molecule has 33 heavy (non-hydrogen) atoms. The molecule has 0 bridgehead atoms. The van der Waals surface area contributed by atoms with E-state index < -0.39 is 0 Å². The van der Waals surface area contributed by atoms with E-state index in [2.05, 4.69) is 26.3 Å². The standard InChI is InChI=1S/C24H23ClN6O2/c1-14-2-5-27-23(25)19(14)10-21(32)31-7-4-15-8-16(9-17(11-26)22(15)31)20-3-6-28-24(30-20)29-18-12-33-13-18/h3,5-6,8-9,14,18H,2,4,7,10,12-13H2,1H3,(H,28,29,30). The van der Waals surface area contributed by atoms with Gasteiger partial charge in [-0.25, -0.2) is 15.0 Å². The van der Waals surface area contributed by atoms with E-state index in [1.165, 1.54) is 0 Å². The number of hydrogen-bond donors (Lipinski definition) is 1. The van der Waals surface area contributed by atoms with Crippen molar-refractivity contribution in [2.75, 3.05) is 30.0 Å². The van der Waals surface area contributed by atoms with E-state index in [4.69, 9.17) is 16.3 Å². The van der Waals surface area contributed by atoms with Crippen molar-refractivity contribution in [1.82, 2.24) is 9.97 Å². The number of rotatable bonds is 5. The van der Waals surface area contributed by atoms with Gasteiger partial charge in [-0.2, -0.15) is 5.26 Å². The fourth-order valence-corrected chi connectivity index (χ4v) is 4.67. The molecule has 0 aliphatic carbocycles. The number of nitrogens with zero attached hydrogens (tertiary/aromatic N) is 5. The predicted octanol–water partition coefficient (Wildman–Crippen LogP) is 3.67. The summed E-state index contributed by atoms with van der Waals surface area (Å²) in [5, 5.41) is 13.5. The molecule has 1 saturated heterocycles. The molecule has 0 saturated carbocycles. The molecule has 1 unspecified atom stereocenters. The molecular weight excluding hydrogens is 440 g/mol. The predicted molar refractivity (Wildman–Crippen MR) is 126 cm³/mol. The smallest absolute Gasteiger partial charge is 0.231 e. The molecule has 1 amide bonds. The zero-order valence-electron chi connectivity index (χ0n) is 18.2. The lowest BCUT2D eigenvalue weighted by Gasteiger charge is -2.26. The van der Waals surface area contributed by atoms with E-state index in [1.807, 2.05) is 19.1 Å². The Morgan fingerprint density at radius 2 is 2.24 bits per heavy atom. The summed E-state index contributed by atoms with van der Waals surface area (Å²) < 4.78 is 5.19. The number of nitrogens with one attached hydrogen (secondary N) is 1. The van der Waals surface area contributed by atoms with Crippen LogP contribution in [0.25, 0.3) is 11.3 Å². The molecule has 0 radical (unpaired) electrons. The largest absolute Gasteiger partial charge is 0.377 e. The summed E-state index contributed by atoms with van der Waals surface area (Å²) in [6.07, 6.45) is 5.14. The number of ether oxygens (including phenoxy) is 1. The lowest BCUT2D eigenvalue weighted by molar-refractivity contribution is -0.118. The highest BCUT2D eigenvalue weighted by Crippen LogP contribution is 2.37. The minimum absolute atomic E-state index is 0.0636. The van der Waals surface area contributed by atoms with Crippen LogP contribution in [0.3, 0.4) is 0 Å². The third-order valence-corrected chi connectivity index (χ3v) is 6.61. The fraction of sp³-hybridized carbons (Fsp3) is 0.375. The Bertz CT molecular complexity index is 1210. The average Bonchev–Trinajstić information content (AvgIpc) is 3.23. The van der Waals surface area contributed by atoms with Crippen molar-refractivity contribution in [3.8, 4) is 17.3 Å². The normalized spacial score (nSPS) is 19.8. The molecule has 1 aromatic heterocycles. The monoisotopic (exact) mass is 462 g/mol. The van der Waals surface area contributed by atoms with Gasteiger partial charge in [-0.3, -0.25) is 4.79 Å². The molecule has 1 atom stereocenters. The molecule has 3 aliphatic rings. The Morgan fingerprint density at radius 3 is 2.97 bits per heavy atom. The molecule has 4 heterocycles. The summed E-state index contributed by atoms with van der Waals surface area (Å²) in [7, 11) is 0. The molecule has 8 nitrogen and oxygen atoms in total. The number of aromatic nitrogens is 2. The van der Waals surface area contributed by atoms with Crippen LogP contribution >= 0.6 is 11.6 Å². The topological polar surface area (TPSA) is 104 Å². The number of anilines is 2. The Kier molecular flexibility index (Phi) is 5.83. The summed E-state index contributed by atoms with van der Waals surface area (Å²) in [5.74, 6) is 0.642. The van der Waals surface area contributed by atoms with E-state index in [9.17, 15) is 10.1 Å². The maximum Gasteiger partial charge on any atom is 0.231 e. The Morgan fingerprint density at radius 1 is 1.39 bits per heavy atom. The third-order valence-electron chi connectivity index (χ3n) is 6.27. The zero-order chi connectivity index (χ0) is 22.9. The van der Waals surface area contributed by atoms with Crippen molar-refractivity contribution in [3.05, 3.63) is 46.3 Å². The minimum atomic E-state index is -0.0636. The van der Waals surface area contributed by atoms with Gasteiger partial charge in [-0.1, -0.05) is 18.5 Å². The van der Waals surface area contributed by atoms with Crippen LogP contribution in [-0.4, -0.2) is 47.9 Å². The lowest BCUT2D eigenvalue weighted by atomic mass is 9.94. The van der Waals surface area contributed by atoms with Crippen molar-refractivity contribution in [2.45, 2.75) is 32.2 Å². The second-order valence-electron chi connectivity index (χ2n) is 8.52. The van der Waals surface area contributed by atoms with Gasteiger partial charge in [0.15, 0.2) is 0 Å². The third kappa shape index (κ3) is 4.22. The van der Waals surface area contributed by atoms with E-state index in [1.54, 1.807) is 23.4 Å². The first kappa shape index (κ1) is 21.6. The van der Waals surface area contributed by atoms with Crippen LogP contribution in [0.4, 0.5) is 11.6 Å². The highest BCUT2D eigenvalue weighted by molar-refractivity contribution is 6.30. The molecule has 3 aliphatic heterocycles. The summed E-state index contributed by atoms with van der Waals surface area (Å²) in [5.41, 5.74) is 4.52. The number of hydrogen-bond acceptors (Lipinski definition) is 7. The number of carbonyl (C=O) groups is 1. The van der Waals surface area contributed by atoms with Gasteiger partial charge in [0, 0.05) is 24.5 Å². The van der Waals surface area contributed by atoms with Crippen molar-refractivity contribution in [2.24, 2.45) is 10.9 Å². The quantitative estimate of drug-likeness (QED) is 0.680. The van der Waals surface area contributed by atoms with Crippen molar-refractivity contribution in [3.63, 3.8) is 0 Å². The van der Waals surface area contributed by atoms with Gasteiger partial charge in [0.05, 0.1) is 42.6 Å². The number of benzene rings is 1. The molecule has 2 aromatic rings. The van der Waals surface area contributed by atoms with Crippen molar-refractivity contribution in [1.29, 1.82) is 5.26 Å². The first-order valence-electron chi connectivity index (χ1n) is 11.0. The molecule has 1 aromatic carbocycles. The number of amides is 1. The molecule has 1 N–H and O–H groups in total. The van der Waals surface area contributed by atoms with Crippen LogP contribution in [0, 0.1) is 17.2 Å². The number of nitriles is 1. The highest BCUT2D eigenvalue weighted by Gasteiger charge is 2.30. The van der Waals surface area contributed by atoms with Gasteiger partial charge in [0.1, 0.15) is 11.2 Å². The Balaban J connectivity index is 1.42. The van der Waals surface area contributed by atoms with Gasteiger partial charge >= 0.3 is 0 Å². The van der Waals surface area contributed by atoms with Gasteiger partial charge in [-0.15, -0.1) is 0 Å². The van der Waals surface area contributed by atoms with Crippen LogP contribution in [0.1, 0.15) is 30.9 Å². The first-order chi connectivity index (χ1) is 16.0. The second-order valence-corrected chi connectivity index (χ2v) is 8.88. The molecule has 168 valence electrons. The van der Waals surface area contributed by atoms with E-state index in [-0.39, 0.29) is 24.3 Å². The van der Waals surface area contributed by atoms with Gasteiger partial charge in [-0.05, 0) is 48.1 Å². The number of aliphatic imine (C=N–C) groups is 1. The molecule has 1 fully saturated rings. The molecule has 0 spiro atoms. The maximum atomic E-state index is 13.2. The number of fused-ring (bicyclic) bond motifs is 1. The van der Waals surface area contributed by atoms with E-state index >= 15 is 0 Å². The highest BCUT2D eigenvalue weighted by atomic mass is 35.5. The molecule has 5 rings (SSSR count).